The van der Waals surface area contributed by atoms with Crippen LogP contribution in [0.4, 0.5) is 0 Å². The molecular weight excluding hydrogens is 290 g/mol. The van der Waals surface area contributed by atoms with Gasteiger partial charge < -0.3 is 18.9 Å². The third-order valence-corrected chi connectivity index (χ3v) is 3.08. The summed E-state index contributed by atoms with van der Waals surface area (Å²) in [4.78, 5) is 38.0. The zero-order chi connectivity index (χ0) is 16.4. The summed E-state index contributed by atoms with van der Waals surface area (Å²) < 4.78 is 11.2. The summed E-state index contributed by atoms with van der Waals surface area (Å²) in [5.41, 5.74) is -0.803. The summed E-state index contributed by atoms with van der Waals surface area (Å²) in [6.45, 7) is 2.51. The van der Waals surface area contributed by atoms with Crippen LogP contribution in [0, 0.1) is 0 Å². The highest BCUT2D eigenvalue weighted by molar-refractivity contribution is 5.69. The molecule has 0 fully saturated rings. The highest BCUT2D eigenvalue weighted by Gasteiger charge is 2.06. The molecule has 124 valence electrons. The normalized spacial score (nSPS) is 10.9. The molecule has 0 amide bonds. The van der Waals surface area contributed by atoms with Crippen LogP contribution in [0.2, 0.25) is 0 Å². The third kappa shape index (κ3) is 7.19. The van der Waals surface area contributed by atoms with Crippen molar-refractivity contribution in [2.45, 2.75) is 19.4 Å². The predicted octanol–water partition coefficient (Wildman–Crippen LogP) is -0.562. The Morgan fingerprint density at radius 2 is 2.09 bits per heavy atom. The van der Waals surface area contributed by atoms with E-state index >= 15 is 0 Å². The molecule has 0 saturated carbocycles. The van der Waals surface area contributed by atoms with E-state index in [1.165, 1.54) is 16.8 Å². The lowest BCUT2D eigenvalue weighted by Gasteiger charge is -2.16. The van der Waals surface area contributed by atoms with Crippen LogP contribution in [0.25, 0.3) is 0 Å². The molecule has 1 rings (SSSR count). The van der Waals surface area contributed by atoms with Crippen LogP contribution < -0.4 is 11.2 Å². The van der Waals surface area contributed by atoms with Crippen molar-refractivity contribution in [1.82, 2.24) is 14.5 Å². The highest BCUT2D eigenvalue weighted by Crippen LogP contribution is 1.94. The lowest BCUT2D eigenvalue weighted by Crippen LogP contribution is -2.30. The zero-order valence-electron chi connectivity index (χ0n) is 13.0. The number of aromatic amines is 1. The Labute approximate surface area is 128 Å². The van der Waals surface area contributed by atoms with Crippen LogP contribution in [0.3, 0.4) is 0 Å². The molecule has 0 atom stereocenters. The number of ether oxygens (including phenoxy) is 2. The van der Waals surface area contributed by atoms with Crippen molar-refractivity contribution in [3.05, 3.63) is 33.1 Å². The van der Waals surface area contributed by atoms with Crippen molar-refractivity contribution in [3.8, 4) is 0 Å². The van der Waals surface area contributed by atoms with E-state index in [0.29, 0.717) is 26.1 Å². The lowest BCUT2D eigenvalue weighted by atomic mass is 10.3. The van der Waals surface area contributed by atoms with E-state index in [1.54, 1.807) is 7.11 Å². The minimum absolute atomic E-state index is 0.249. The number of rotatable bonds is 10. The van der Waals surface area contributed by atoms with E-state index in [4.69, 9.17) is 9.47 Å². The van der Waals surface area contributed by atoms with Gasteiger partial charge in [-0.25, -0.2) is 4.79 Å². The van der Waals surface area contributed by atoms with Gasteiger partial charge in [0.25, 0.3) is 5.56 Å². The van der Waals surface area contributed by atoms with Gasteiger partial charge in [0.2, 0.25) is 0 Å². The van der Waals surface area contributed by atoms with Crippen LogP contribution in [-0.2, 0) is 20.8 Å². The number of aryl methyl sites for hydroxylation is 1. The first-order chi connectivity index (χ1) is 10.5. The van der Waals surface area contributed by atoms with Crippen molar-refractivity contribution in [2.24, 2.45) is 0 Å². The fourth-order valence-electron chi connectivity index (χ4n) is 1.84. The monoisotopic (exact) mass is 313 g/mol. The molecule has 1 heterocycles. The second kappa shape index (κ2) is 9.91. The molecule has 0 aliphatic rings. The Bertz CT molecular complexity index is 566. The summed E-state index contributed by atoms with van der Waals surface area (Å²) in [6, 6.07) is 1.32. The summed E-state index contributed by atoms with van der Waals surface area (Å²) in [5.74, 6) is -0.249. The Balaban J connectivity index is 2.20. The van der Waals surface area contributed by atoms with Crippen LogP contribution in [0.15, 0.2) is 21.9 Å². The smallest absolute Gasteiger partial charge is 0.328 e. The molecule has 8 heteroatoms. The molecule has 1 aromatic heterocycles. The number of methoxy groups -OCH3 is 1. The fourth-order valence-corrected chi connectivity index (χ4v) is 1.84. The molecule has 0 saturated heterocycles. The molecule has 0 aliphatic heterocycles. The Morgan fingerprint density at radius 3 is 2.77 bits per heavy atom. The van der Waals surface area contributed by atoms with Crippen LogP contribution in [0.1, 0.15) is 12.8 Å². The van der Waals surface area contributed by atoms with E-state index in [0.717, 1.165) is 13.0 Å². The summed E-state index contributed by atoms with van der Waals surface area (Å²) >= 11 is 0. The lowest BCUT2D eigenvalue weighted by molar-refractivity contribution is -0.145. The molecule has 1 aromatic rings. The average Bonchev–Trinajstić information content (AvgIpc) is 2.47. The maximum Gasteiger partial charge on any atom is 0.328 e. The van der Waals surface area contributed by atoms with E-state index in [1.807, 2.05) is 11.9 Å². The van der Waals surface area contributed by atoms with Crippen LogP contribution >= 0.6 is 0 Å². The van der Waals surface area contributed by atoms with E-state index in [9.17, 15) is 14.4 Å². The van der Waals surface area contributed by atoms with Gasteiger partial charge in [-0.05, 0) is 20.0 Å². The molecule has 0 aliphatic carbocycles. The molecule has 0 radical (unpaired) electrons. The number of esters is 1. The second-order valence-electron chi connectivity index (χ2n) is 4.92. The molecule has 22 heavy (non-hydrogen) atoms. The van der Waals surface area contributed by atoms with Crippen molar-refractivity contribution in [1.29, 1.82) is 0 Å². The average molecular weight is 313 g/mol. The first-order valence-electron chi connectivity index (χ1n) is 7.16. The second-order valence-corrected chi connectivity index (χ2v) is 4.92. The zero-order valence-corrected chi connectivity index (χ0v) is 13.0. The molecule has 8 nitrogen and oxygen atoms in total. The van der Waals surface area contributed by atoms with Crippen LogP contribution in [-0.4, -0.2) is 60.9 Å². The molecule has 0 aromatic carbocycles. The number of carbonyl (C=O) groups excluding carboxylic acids is 1. The third-order valence-electron chi connectivity index (χ3n) is 3.08. The molecule has 1 N–H and O–H groups in total. The quantitative estimate of drug-likeness (QED) is 0.460. The van der Waals surface area contributed by atoms with Gasteiger partial charge in [0.15, 0.2) is 0 Å². The van der Waals surface area contributed by atoms with Gasteiger partial charge in [-0.1, -0.05) is 0 Å². The Morgan fingerprint density at radius 1 is 1.32 bits per heavy atom. The van der Waals surface area contributed by atoms with Crippen molar-refractivity contribution >= 4 is 5.97 Å². The van der Waals surface area contributed by atoms with Gasteiger partial charge in [-0.15, -0.1) is 0 Å². The molecule has 0 bridgehead atoms. The summed E-state index contributed by atoms with van der Waals surface area (Å²) in [7, 11) is 3.45. The van der Waals surface area contributed by atoms with E-state index in [-0.39, 0.29) is 12.6 Å². The SMILES string of the molecule is COCCOC(=O)CCN(C)CCCn1ccc(=O)[nH]c1=O. The van der Waals surface area contributed by atoms with Gasteiger partial charge in [-0.3, -0.25) is 14.6 Å². The number of nitrogens with one attached hydrogen (secondary N) is 1. The molecule has 0 unspecified atom stereocenters. The first-order valence-corrected chi connectivity index (χ1v) is 7.16. The Kier molecular flexibility index (Phi) is 8.16. The Hall–Kier alpha value is -1.93. The number of hydrogen-bond donors (Lipinski definition) is 1. The van der Waals surface area contributed by atoms with E-state index < -0.39 is 11.2 Å². The van der Waals surface area contributed by atoms with Gasteiger partial charge in [0, 0.05) is 32.5 Å². The van der Waals surface area contributed by atoms with Gasteiger partial charge in [0.1, 0.15) is 6.61 Å². The number of H-pyrrole nitrogens is 1. The van der Waals surface area contributed by atoms with E-state index in [2.05, 4.69) is 4.98 Å². The maximum absolute atomic E-state index is 11.5. The molecular formula is C14H23N3O5. The topological polar surface area (TPSA) is 93.6 Å². The number of carbonyl (C=O) groups is 1. The highest BCUT2D eigenvalue weighted by atomic mass is 16.6. The molecule has 0 spiro atoms. The largest absolute Gasteiger partial charge is 0.463 e. The number of aromatic nitrogens is 2. The van der Waals surface area contributed by atoms with Crippen molar-refractivity contribution < 1.29 is 14.3 Å². The van der Waals surface area contributed by atoms with Gasteiger partial charge in [0.05, 0.1) is 13.0 Å². The minimum Gasteiger partial charge on any atom is -0.463 e. The standard InChI is InChI=1S/C14H23N3O5/c1-16(8-5-13(19)22-11-10-21-2)6-3-7-17-9-4-12(18)15-14(17)20/h4,9H,3,5-8,10-11H2,1-2H3,(H,15,18,20). The van der Waals surface area contributed by atoms with Crippen LogP contribution in [0.5, 0.6) is 0 Å². The van der Waals surface area contributed by atoms with Crippen molar-refractivity contribution in [3.63, 3.8) is 0 Å². The summed E-state index contributed by atoms with van der Waals surface area (Å²) in [6.07, 6.45) is 2.54. The first kappa shape index (κ1) is 18.1. The predicted molar refractivity (Wildman–Crippen MR) is 80.9 cm³/mol. The fraction of sp³-hybridized carbons (Fsp3) is 0.643. The van der Waals surface area contributed by atoms with Gasteiger partial charge in [-0.2, -0.15) is 0 Å². The number of nitrogens with zero attached hydrogens (tertiary/aromatic N) is 2. The maximum atomic E-state index is 11.5. The van der Waals surface area contributed by atoms with Gasteiger partial charge >= 0.3 is 11.7 Å². The summed E-state index contributed by atoms with van der Waals surface area (Å²) in [5, 5.41) is 0. The minimum atomic E-state index is -0.406. The number of hydrogen-bond acceptors (Lipinski definition) is 6. The van der Waals surface area contributed by atoms with Crippen molar-refractivity contribution in [2.75, 3.05) is 40.5 Å².